The molecule has 20 heavy (non-hydrogen) atoms. The smallest absolute Gasteiger partial charge is 0.164 e. The van der Waals surface area contributed by atoms with Gasteiger partial charge in [-0.3, -0.25) is 4.68 Å². The number of benzene rings is 1. The van der Waals surface area contributed by atoms with Crippen molar-refractivity contribution >= 4 is 0 Å². The molecule has 0 fully saturated rings. The molecular weight excluding hydrogens is 252 g/mol. The zero-order valence-corrected chi connectivity index (χ0v) is 12.6. The Morgan fingerprint density at radius 3 is 2.40 bits per heavy atom. The highest BCUT2D eigenvalue weighted by Crippen LogP contribution is 2.33. The predicted octanol–water partition coefficient (Wildman–Crippen LogP) is 3.93. The fourth-order valence-electron chi connectivity index (χ4n) is 2.14. The van der Waals surface area contributed by atoms with Crippen LogP contribution >= 0.6 is 0 Å². The van der Waals surface area contributed by atoms with E-state index in [1.165, 1.54) is 0 Å². The highest BCUT2D eigenvalue weighted by atomic mass is 16.5. The molecule has 0 saturated carbocycles. The zero-order chi connectivity index (χ0) is 14.7. The molecule has 0 unspecified atom stereocenters. The lowest BCUT2D eigenvalue weighted by atomic mass is 10.1. The van der Waals surface area contributed by atoms with Crippen LogP contribution < -0.4 is 4.74 Å². The van der Waals surface area contributed by atoms with E-state index in [4.69, 9.17) is 4.74 Å². The first kappa shape index (κ1) is 14.4. The molecule has 1 N–H and O–H groups in total. The first-order chi connectivity index (χ1) is 9.54. The minimum absolute atomic E-state index is 0.224. The Kier molecular flexibility index (Phi) is 4.32. The molecule has 1 aromatic heterocycles. The maximum absolute atomic E-state index is 10.2. The maximum atomic E-state index is 10.2. The number of nitrogens with zero attached hydrogens (tertiary/aromatic N) is 2. The molecule has 2 aromatic rings. The topological polar surface area (TPSA) is 47.3 Å². The summed E-state index contributed by atoms with van der Waals surface area (Å²) >= 11 is 0. The van der Waals surface area contributed by atoms with Crippen molar-refractivity contribution < 1.29 is 9.84 Å². The molecule has 4 nitrogen and oxygen atoms in total. The van der Waals surface area contributed by atoms with Crippen LogP contribution in [-0.4, -0.2) is 21.5 Å². The number of hydrogen-bond donors (Lipinski definition) is 1. The van der Waals surface area contributed by atoms with Crippen molar-refractivity contribution in [3.8, 4) is 22.8 Å². The van der Waals surface area contributed by atoms with Crippen LogP contribution in [0.5, 0.6) is 11.5 Å². The molecule has 0 atom stereocenters. The summed E-state index contributed by atoms with van der Waals surface area (Å²) in [6.07, 6.45) is 0.987. The quantitative estimate of drug-likeness (QED) is 0.898. The third-order valence-corrected chi connectivity index (χ3v) is 3.21. The number of ether oxygens (including phenoxy) is 1. The van der Waals surface area contributed by atoms with E-state index >= 15 is 0 Å². The van der Waals surface area contributed by atoms with Gasteiger partial charge in [0, 0.05) is 11.6 Å². The van der Waals surface area contributed by atoms with Crippen molar-refractivity contribution in [1.82, 2.24) is 9.78 Å². The van der Waals surface area contributed by atoms with Gasteiger partial charge in [0.05, 0.1) is 12.3 Å². The van der Waals surface area contributed by atoms with Crippen molar-refractivity contribution in [3.05, 3.63) is 30.0 Å². The summed E-state index contributed by atoms with van der Waals surface area (Å²) in [5.41, 5.74) is 2.31. The molecular formula is C16H22N2O2. The lowest BCUT2D eigenvalue weighted by Gasteiger charge is -2.06. The predicted molar refractivity (Wildman–Crippen MR) is 80.2 cm³/mol. The van der Waals surface area contributed by atoms with Crippen LogP contribution in [0.3, 0.4) is 0 Å². The van der Waals surface area contributed by atoms with E-state index in [2.05, 4.69) is 12.0 Å². The van der Waals surface area contributed by atoms with Crippen LogP contribution in [0.2, 0.25) is 0 Å². The molecule has 0 radical (unpaired) electrons. The summed E-state index contributed by atoms with van der Waals surface area (Å²) in [4.78, 5) is 0. The molecule has 0 aliphatic heterocycles. The molecule has 4 heteroatoms. The summed E-state index contributed by atoms with van der Waals surface area (Å²) in [7, 11) is 0. The van der Waals surface area contributed by atoms with Gasteiger partial charge in [-0.25, -0.2) is 0 Å². The molecule has 0 aliphatic rings. The fourth-order valence-corrected chi connectivity index (χ4v) is 2.14. The Bertz CT molecular complexity index is 571. The monoisotopic (exact) mass is 274 g/mol. The highest BCUT2D eigenvalue weighted by Gasteiger charge is 2.16. The lowest BCUT2D eigenvalue weighted by molar-refractivity contribution is 0.317. The van der Waals surface area contributed by atoms with Gasteiger partial charge in [-0.1, -0.05) is 6.92 Å². The third kappa shape index (κ3) is 2.79. The Hall–Kier alpha value is -1.97. The number of rotatable bonds is 5. The molecule has 0 spiro atoms. The first-order valence-corrected chi connectivity index (χ1v) is 7.05. The fraction of sp³-hybridized carbons (Fsp3) is 0.438. The van der Waals surface area contributed by atoms with Crippen molar-refractivity contribution in [2.24, 2.45) is 0 Å². The van der Waals surface area contributed by atoms with E-state index < -0.39 is 0 Å². The van der Waals surface area contributed by atoms with Crippen LogP contribution in [0.15, 0.2) is 24.3 Å². The minimum Gasteiger partial charge on any atom is -0.504 e. The Balaban J connectivity index is 2.30. The van der Waals surface area contributed by atoms with E-state index in [1.807, 2.05) is 49.7 Å². The average Bonchev–Trinajstić information content (AvgIpc) is 2.74. The van der Waals surface area contributed by atoms with Crippen molar-refractivity contribution in [2.75, 3.05) is 6.61 Å². The van der Waals surface area contributed by atoms with E-state index in [0.29, 0.717) is 12.3 Å². The van der Waals surface area contributed by atoms with Crippen LogP contribution in [0, 0.1) is 6.92 Å². The second-order valence-electron chi connectivity index (χ2n) is 5.19. The Labute approximate surface area is 120 Å². The Morgan fingerprint density at radius 2 is 1.90 bits per heavy atom. The first-order valence-electron chi connectivity index (χ1n) is 7.05. The lowest BCUT2D eigenvalue weighted by Crippen LogP contribution is -2.04. The van der Waals surface area contributed by atoms with Gasteiger partial charge in [-0.2, -0.15) is 5.10 Å². The summed E-state index contributed by atoms with van der Waals surface area (Å²) in [6.45, 7) is 8.76. The molecule has 0 amide bonds. The zero-order valence-electron chi connectivity index (χ0n) is 12.6. The normalized spacial score (nSPS) is 11.1. The largest absolute Gasteiger partial charge is 0.504 e. The van der Waals surface area contributed by atoms with E-state index in [9.17, 15) is 5.11 Å². The molecule has 108 valence electrons. The Morgan fingerprint density at radius 1 is 1.25 bits per heavy atom. The molecule has 1 heterocycles. The van der Waals surface area contributed by atoms with Gasteiger partial charge < -0.3 is 9.84 Å². The van der Waals surface area contributed by atoms with Crippen molar-refractivity contribution in [2.45, 2.75) is 40.2 Å². The van der Waals surface area contributed by atoms with Crippen molar-refractivity contribution in [1.29, 1.82) is 0 Å². The summed E-state index contributed by atoms with van der Waals surface area (Å²) in [5, 5.41) is 14.7. The maximum Gasteiger partial charge on any atom is 0.164 e. The van der Waals surface area contributed by atoms with Crippen LogP contribution in [0.4, 0.5) is 0 Å². The van der Waals surface area contributed by atoms with Gasteiger partial charge in [-0.15, -0.1) is 0 Å². The van der Waals surface area contributed by atoms with Crippen LogP contribution in [0.1, 0.15) is 38.9 Å². The number of aromatic nitrogens is 2. The van der Waals surface area contributed by atoms with Gasteiger partial charge in [0.1, 0.15) is 11.4 Å². The SMILES string of the molecule is CCCOc1ccc(-c2nn(C(C)C)c(C)c2O)cc1. The molecule has 2 rings (SSSR count). The van der Waals surface area contributed by atoms with Gasteiger partial charge in [0.25, 0.3) is 0 Å². The van der Waals surface area contributed by atoms with Gasteiger partial charge in [-0.05, 0) is 51.5 Å². The highest BCUT2D eigenvalue weighted by molar-refractivity contribution is 5.67. The number of aromatic hydroxyl groups is 1. The number of hydrogen-bond acceptors (Lipinski definition) is 3. The average molecular weight is 274 g/mol. The minimum atomic E-state index is 0.224. The van der Waals surface area contributed by atoms with Gasteiger partial charge in [0.2, 0.25) is 0 Å². The third-order valence-electron chi connectivity index (χ3n) is 3.21. The molecule has 1 aromatic carbocycles. The second kappa shape index (κ2) is 5.99. The molecule has 0 saturated heterocycles. The van der Waals surface area contributed by atoms with E-state index in [0.717, 1.165) is 23.4 Å². The standard InChI is InChI=1S/C16H22N2O2/c1-5-10-20-14-8-6-13(7-9-14)15-16(19)12(4)18(17-15)11(2)3/h6-9,11,19H,5,10H2,1-4H3. The molecule has 0 aliphatic carbocycles. The van der Waals surface area contributed by atoms with E-state index in [1.54, 1.807) is 0 Å². The van der Waals surface area contributed by atoms with Crippen LogP contribution in [-0.2, 0) is 0 Å². The second-order valence-corrected chi connectivity index (χ2v) is 5.19. The summed E-state index contributed by atoms with van der Waals surface area (Å²) in [6, 6.07) is 7.90. The van der Waals surface area contributed by atoms with Crippen LogP contribution in [0.25, 0.3) is 11.3 Å². The van der Waals surface area contributed by atoms with Gasteiger partial charge >= 0.3 is 0 Å². The van der Waals surface area contributed by atoms with Crippen molar-refractivity contribution in [3.63, 3.8) is 0 Å². The summed E-state index contributed by atoms with van der Waals surface area (Å²) < 4.78 is 7.39. The summed E-state index contributed by atoms with van der Waals surface area (Å²) in [5.74, 6) is 1.09. The molecule has 0 bridgehead atoms. The van der Waals surface area contributed by atoms with Gasteiger partial charge in [0.15, 0.2) is 5.75 Å². The van der Waals surface area contributed by atoms with E-state index in [-0.39, 0.29) is 11.8 Å².